The lowest BCUT2D eigenvalue weighted by molar-refractivity contribution is -0.0888. The van der Waals surface area contributed by atoms with Gasteiger partial charge in [-0.2, -0.15) is 9.59 Å². The SMILES string of the molecule is c1nnn(C(c2ccc3sccc3c2)[C@H]2CCCN(N3CCC[C@H](C(c4ccc5sccc5c4)n4ncnn4)C3)C2)n1. The van der Waals surface area contributed by atoms with Crippen LogP contribution in [0, 0.1) is 11.8 Å². The Hall–Kier alpha value is -3.58. The first-order chi connectivity index (χ1) is 20.8. The van der Waals surface area contributed by atoms with Crippen LogP contribution in [0.4, 0.5) is 0 Å². The maximum absolute atomic E-state index is 4.53. The number of hydrogen-bond donors (Lipinski definition) is 0. The lowest BCUT2D eigenvalue weighted by Crippen LogP contribution is -2.53. The van der Waals surface area contributed by atoms with Gasteiger partial charge in [0.15, 0.2) is 12.7 Å². The minimum absolute atomic E-state index is 0.0459. The van der Waals surface area contributed by atoms with E-state index in [2.05, 4.69) is 100 Å². The number of piperidine rings is 2. The summed E-state index contributed by atoms with van der Waals surface area (Å²) >= 11 is 3.56. The minimum atomic E-state index is 0.0459. The van der Waals surface area contributed by atoms with E-state index in [1.807, 2.05) is 9.59 Å². The van der Waals surface area contributed by atoms with Gasteiger partial charge in [-0.25, -0.2) is 10.0 Å². The van der Waals surface area contributed by atoms with Gasteiger partial charge in [0.1, 0.15) is 12.1 Å². The second-order valence-electron chi connectivity index (χ2n) is 11.5. The second-order valence-corrected chi connectivity index (χ2v) is 13.4. The number of fused-ring (bicyclic) bond motifs is 2. The van der Waals surface area contributed by atoms with Gasteiger partial charge in [-0.1, -0.05) is 12.1 Å². The van der Waals surface area contributed by atoms with Crippen molar-refractivity contribution in [2.75, 3.05) is 26.2 Å². The first-order valence-electron chi connectivity index (χ1n) is 14.7. The molecule has 4 aromatic heterocycles. The number of nitrogens with zero attached hydrogens (tertiary/aromatic N) is 10. The van der Waals surface area contributed by atoms with Crippen LogP contribution in [0.1, 0.15) is 48.9 Å². The zero-order chi connectivity index (χ0) is 27.9. The van der Waals surface area contributed by atoms with Gasteiger partial charge in [0.25, 0.3) is 0 Å². The zero-order valence-electron chi connectivity index (χ0n) is 23.2. The Bertz CT molecular complexity index is 1630. The molecule has 6 aromatic rings. The third-order valence-electron chi connectivity index (χ3n) is 9.03. The molecule has 6 heterocycles. The highest BCUT2D eigenvalue weighted by atomic mass is 32.1. The normalized spacial score (nSPS) is 22.1. The van der Waals surface area contributed by atoms with Crippen molar-refractivity contribution in [3.05, 3.63) is 83.1 Å². The van der Waals surface area contributed by atoms with Crippen molar-refractivity contribution in [1.29, 1.82) is 0 Å². The first-order valence-corrected chi connectivity index (χ1v) is 16.5. The van der Waals surface area contributed by atoms with Crippen molar-refractivity contribution in [1.82, 2.24) is 50.4 Å². The Morgan fingerprint density at radius 3 is 1.60 bits per heavy atom. The van der Waals surface area contributed by atoms with Gasteiger partial charge in [-0.05, 0) is 105 Å². The van der Waals surface area contributed by atoms with E-state index < -0.39 is 0 Å². The van der Waals surface area contributed by atoms with Crippen molar-refractivity contribution in [2.24, 2.45) is 11.8 Å². The number of tetrazole rings is 2. The number of thiophene rings is 2. The molecule has 0 saturated carbocycles. The molecule has 214 valence electrons. The summed E-state index contributed by atoms with van der Waals surface area (Å²) in [5.74, 6) is 0.747. The zero-order valence-corrected chi connectivity index (χ0v) is 24.8. The molecule has 12 heteroatoms. The number of rotatable bonds is 7. The average Bonchev–Trinajstić information content (AvgIpc) is 3.86. The van der Waals surface area contributed by atoms with Gasteiger partial charge in [-0.3, -0.25) is 0 Å². The molecule has 10 nitrogen and oxygen atoms in total. The maximum Gasteiger partial charge on any atom is 0.162 e. The monoisotopic (exact) mass is 596 g/mol. The van der Waals surface area contributed by atoms with E-state index in [1.165, 1.54) is 31.3 Å². The molecule has 2 fully saturated rings. The quantitative estimate of drug-likeness (QED) is 0.245. The van der Waals surface area contributed by atoms with Crippen LogP contribution in [0.25, 0.3) is 20.2 Å². The van der Waals surface area contributed by atoms with Gasteiger partial charge in [-0.15, -0.1) is 43.1 Å². The lowest BCUT2D eigenvalue weighted by atomic mass is 9.85. The third-order valence-corrected chi connectivity index (χ3v) is 10.8. The van der Waals surface area contributed by atoms with E-state index in [-0.39, 0.29) is 12.1 Å². The fourth-order valence-corrected chi connectivity index (χ4v) is 8.68. The van der Waals surface area contributed by atoms with Crippen LogP contribution in [0.3, 0.4) is 0 Å². The van der Waals surface area contributed by atoms with Gasteiger partial charge in [0, 0.05) is 47.4 Å². The second kappa shape index (κ2) is 11.3. The van der Waals surface area contributed by atoms with Crippen LogP contribution in [0.2, 0.25) is 0 Å². The van der Waals surface area contributed by atoms with Crippen LogP contribution in [0.5, 0.6) is 0 Å². The molecule has 0 amide bonds. The van der Waals surface area contributed by atoms with Crippen molar-refractivity contribution in [2.45, 2.75) is 37.8 Å². The summed E-state index contributed by atoms with van der Waals surface area (Å²) in [7, 11) is 0. The number of benzene rings is 2. The molecule has 4 atom stereocenters. The standard InChI is InChI=1S/C30H32N10S2/c1-3-25(29(39-33-19-31-35-39)23-5-7-27-21(15-23)9-13-41-27)17-37(11-1)38-12-2-4-26(18-38)30(40-34-20-32-36-40)24-6-8-28-22(16-24)10-14-42-28/h5-10,13-16,19-20,25-26,29-30H,1-4,11-12,17-18H2/t25-,26-,29?,30?/m0/s1. The molecule has 2 aromatic carbocycles. The number of aromatic nitrogens is 8. The Kier molecular flexibility index (Phi) is 6.99. The molecule has 2 aliphatic heterocycles. The van der Waals surface area contributed by atoms with Gasteiger partial charge in [0.05, 0.1) is 0 Å². The highest BCUT2D eigenvalue weighted by Gasteiger charge is 2.37. The summed E-state index contributed by atoms with van der Waals surface area (Å²) in [4.78, 5) is 3.65. The van der Waals surface area contributed by atoms with Crippen molar-refractivity contribution in [3.63, 3.8) is 0 Å². The van der Waals surface area contributed by atoms with Crippen molar-refractivity contribution < 1.29 is 0 Å². The topological polar surface area (TPSA) is 93.7 Å². The highest BCUT2D eigenvalue weighted by Crippen LogP contribution is 2.38. The molecule has 0 aliphatic carbocycles. The van der Waals surface area contributed by atoms with Crippen LogP contribution in [-0.2, 0) is 0 Å². The minimum Gasteiger partial charge on any atom is -0.241 e. The summed E-state index contributed by atoms with van der Waals surface area (Å²) in [6.45, 7) is 4.07. The Morgan fingerprint density at radius 2 is 1.14 bits per heavy atom. The van der Waals surface area contributed by atoms with Crippen molar-refractivity contribution in [3.8, 4) is 0 Å². The summed E-state index contributed by atoms with van der Waals surface area (Å²) in [6, 6.07) is 18.1. The summed E-state index contributed by atoms with van der Waals surface area (Å²) in [6.07, 6.45) is 7.65. The Morgan fingerprint density at radius 1 is 0.643 bits per heavy atom. The predicted molar refractivity (Wildman–Crippen MR) is 164 cm³/mol. The van der Waals surface area contributed by atoms with E-state index in [9.17, 15) is 0 Å². The molecule has 0 N–H and O–H groups in total. The summed E-state index contributed by atoms with van der Waals surface area (Å²) in [5, 5.41) is 38.1. The van der Waals surface area contributed by atoms with Gasteiger partial charge >= 0.3 is 0 Å². The number of hydrogen-bond acceptors (Lipinski definition) is 10. The van der Waals surface area contributed by atoms with Crippen LogP contribution in [-0.4, -0.2) is 76.6 Å². The van der Waals surface area contributed by atoms with Crippen LogP contribution >= 0.6 is 22.7 Å². The Balaban J connectivity index is 1.06. The van der Waals surface area contributed by atoms with E-state index in [1.54, 1.807) is 35.3 Å². The van der Waals surface area contributed by atoms with E-state index in [0.717, 1.165) is 51.9 Å². The van der Waals surface area contributed by atoms with Gasteiger partial charge in [0.2, 0.25) is 0 Å². The summed E-state index contributed by atoms with van der Waals surface area (Å²) in [5.41, 5.74) is 2.51. The van der Waals surface area contributed by atoms with E-state index >= 15 is 0 Å². The summed E-state index contributed by atoms with van der Waals surface area (Å²) < 4.78 is 2.62. The third kappa shape index (κ3) is 4.91. The molecule has 2 unspecified atom stereocenters. The number of hydrazine groups is 1. The highest BCUT2D eigenvalue weighted by molar-refractivity contribution is 7.17. The molecular formula is C30H32N10S2. The molecule has 42 heavy (non-hydrogen) atoms. The average molecular weight is 597 g/mol. The molecule has 0 radical (unpaired) electrons. The smallest absolute Gasteiger partial charge is 0.162 e. The van der Waals surface area contributed by atoms with Crippen molar-refractivity contribution >= 4 is 42.8 Å². The predicted octanol–water partition coefficient (Wildman–Crippen LogP) is 5.31. The van der Waals surface area contributed by atoms with E-state index in [4.69, 9.17) is 0 Å². The maximum atomic E-state index is 4.53. The molecule has 2 saturated heterocycles. The Labute approximate surface area is 251 Å². The molecule has 2 aliphatic rings. The largest absolute Gasteiger partial charge is 0.241 e. The fourth-order valence-electron chi connectivity index (χ4n) is 7.14. The van der Waals surface area contributed by atoms with Crippen LogP contribution in [0.15, 0.2) is 71.9 Å². The molecule has 8 rings (SSSR count). The van der Waals surface area contributed by atoms with Gasteiger partial charge < -0.3 is 0 Å². The fraction of sp³-hybridized carbons (Fsp3) is 0.400. The van der Waals surface area contributed by atoms with E-state index in [0.29, 0.717) is 11.8 Å². The lowest BCUT2D eigenvalue weighted by Gasteiger charge is -2.46. The van der Waals surface area contributed by atoms with Crippen LogP contribution < -0.4 is 0 Å². The molecule has 0 bridgehead atoms. The molecular weight excluding hydrogens is 565 g/mol. The molecule has 0 spiro atoms. The first kappa shape index (κ1) is 26.1.